The van der Waals surface area contributed by atoms with Gasteiger partial charge >= 0.3 is 0 Å². The van der Waals surface area contributed by atoms with Gasteiger partial charge in [0.15, 0.2) is 0 Å². The summed E-state index contributed by atoms with van der Waals surface area (Å²) in [6.07, 6.45) is 0. The average molecular weight is 349 g/mol. The number of hydrogen-bond donors (Lipinski definition) is 1. The summed E-state index contributed by atoms with van der Waals surface area (Å²) in [5.74, 6) is -0.140. The predicted molar refractivity (Wildman–Crippen MR) is 95.5 cm³/mol. The van der Waals surface area contributed by atoms with Gasteiger partial charge in [-0.15, -0.1) is 0 Å². The zero-order chi connectivity index (χ0) is 18.6. The van der Waals surface area contributed by atoms with E-state index in [-0.39, 0.29) is 23.0 Å². The number of nitrogens with one attached hydrogen (secondary N) is 1. The molecular formula is C19H28FN3O2. The second kappa shape index (κ2) is 7.95. The van der Waals surface area contributed by atoms with Crippen molar-refractivity contribution in [3.05, 3.63) is 35.1 Å². The quantitative estimate of drug-likeness (QED) is 0.904. The van der Waals surface area contributed by atoms with Crippen molar-refractivity contribution in [3.63, 3.8) is 0 Å². The molecule has 6 heteroatoms. The number of carbonyl (C=O) groups is 2. The van der Waals surface area contributed by atoms with E-state index in [0.29, 0.717) is 44.8 Å². The van der Waals surface area contributed by atoms with Crippen LogP contribution in [0.2, 0.25) is 0 Å². The first-order chi connectivity index (χ1) is 11.7. The minimum atomic E-state index is -0.368. The van der Waals surface area contributed by atoms with Gasteiger partial charge in [-0.2, -0.15) is 0 Å². The Morgan fingerprint density at radius 2 is 1.80 bits per heavy atom. The van der Waals surface area contributed by atoms with E-state index in [1.165, 1.54) is 6.07 Å². The van der Waals surface area contributed by atoms with E-state index in [1.54, 1.807) is 19.1 Å². The largest absolute Gasteiger partial charge is 0.351 e. The Balaban J connectivity index is 1.75. The Bertz CT molecular complexity index is 632. The number of nitrogens with zero attached hydrogens (tertiary/aromatic N) is 2. The molecule has 0 radical (unpaired) electrons. The van der Waals surface area contributed by atoms with Crippen LogP contribution < -0.4 is 5.32 Å². The number of aryl methyl sites for hydroxylation is 1. The number of carbonyl (C=O) groups excluding carboxylic acids is 2. The van der Waals surface area contributed by atoms with Crippen LogP contribution in [0.25, 0.3) is 0 Å². The molecular weight excluding hydrogens is 321 g/mol. The lowest BCUT2D eigenvalue weighted by atomic mass is 9.94. The maximum atomic E-state index is 13.2. The fourth-order valence-corrected chi connectivity index (χ4v) is 2.86. The van der Waals surface area contributed by atoms with Crippen molar-refractivity contribution >= 4 is 11.8 Å². The third-order valence-electron chi connectivity index (χ3n) is 4.38. The molecule has 1 fully saturated rings. The van der Waals surface area contributed by atoms with Crippen molar-refractivity contribution in [2.75, 3.05) is 32.7 Å². The Morgan fingerprint density at radius 3 is 2.36 bits per heavy atom. The van der Waals surface area contributed by atoms with Gasteiger partial charge in [-0.05, 0) is 24.1 Å². The highest BCUT2D eigenvalue weighted by Gasteiger charge is 2.29. The molecule has 1 aliphatic rings. The van der Waals surface area contributed by atoms with Gasteiger partial charge in [0.1, 0.15) is 5.82 Å². The van der Waals surface area contributed by atoms with E-state index in [4.69, 9.17) is 0 Å². The van der Waals surface area contributed by atoms with Crippen LogP contribution in [0, 0.1) is 18.2 Å². The molecule has 1 heterocycles. The van der Waals surface area contributed by atoms with Gasteiger partial charge in [0, 0.05) is 38.1 Å². The van der Waals surface area contributed by atoms with E-state index in [1.807, 2.05) is 25.7 Å². The number of hydrogen-bond acceptors (Lipinski definition) is 3. The first-order valence-electron chi connectivity index (χ1n) is 8.70. The molecule has 0 aromatic heterocycles. The van der Waals surface area contributed by atoms with Crippen LogP contribution in [0.3, 0.4) is 0 Å². The SMILES string of the molecule is Cc1cc(CNC(=O)CN2CCN(C(=O)C(C)(C)C)CC2)ccc1F. The van der Waals surface area contributed by atoms with Crippen LogP contribution in [-0.2, 0) is 16.1 Å². The van der Waals surface area contributed by atoms with Crippen molar-refractivity contribution in [2.24, 2.45) is 5.41 Å². The lowest BCUT2D eigenvalue weighted by molar-refractivity contribution is -0.141. The smallest absolute Gasteiger partial charge is 0.234 e. The Hall–Kier alpha value is -1.95. The van der Waals surface area contributed by atoms with Crippen LogP contribution in [0.4, 0.5) is 4.39 Å². The molecule has 138 valence electrons. The van der Waals surface area contributed by atoms with Crippen molar-refractivity contribution in [2.45, 2.75) is 34.2 Å². The van der Waals surface area contributed by atoms with Crippen LogP contribution >= 0.6 is 0 Å². The number of benzene rings is 1. The highest BCUT2D eigenvalue weighted by atomic mass is 19.1. The monoisotopic (exact) mass is 349 g/mol. The Labute approximate surface area is 149 Å². The van der Waals surface area contributed by atoms with E-state index in [9.17, 15) is 14.0 Å². The van der Waals surface area contributed by atoms with Gasteiger partial charge in [-0.1, -0.05) is 32.9 Å². The number of piperazine rings is 1. The standard InChI is InChI=1S/C19H28FN3O2/c1-14-11-15(5-6-16(14)20)12-21-17(24)13-22-7-9-23(10-8-22)18(25)19(2,3)4/h5-6,11H,7-10,12-13H2,1-4H3,(H,21,24). The maximum absolute atomic E-state index is 13.2. The molecule has 1 saturated heterocycles. The number of halogens is 1. The molecule has 0 bridgehead atoms. The summed E-state index contributed by atoms with van der Waals surface area (Å²) in [4.78, 5) is 28.3. The fourth-order valence-electron chi connectivity index (χ4n) is 2.86. The number of rotatable bonds is 4. The lowest BCUT2D eigenvalue weighted by Gasteiger charge is -2.37. The number of amides is 2. The first kappa shape index (κ1) is 19.4. The topological polar surface area (TPSA) is 52.7 Å². The van der Waals surface area contributed by atoms with Crippen LogP contribution in [0.15, 0.2) is 18.2 Å². The third kappa shape index (κ3) is 5.53. The lowest BCUT2D eigenvalue weighted by Crippen LogP contribution is -2.53. The molecule has 0 saturated carbocycles. The molecule has 0 unspecified atom stereocenters. The summed E-state index contributed by atoms with van der Waals surface area (Å²) >= 11 is 0. The van der Waals surface area contributed by atoms with E-state index in [2.05, 4.69) is 10.2 Å². The summed E-state index contributed by atoms with van der Waals surface area (Å²) in [6, 6.07) is 4.84. The Morgan fingerprint density at radius 1 is 1.16 bits per heavy atom. The van der Waals surface area contributed by atoms with E-state index >= 15 is 0 Å². The van der Waals surface area contributed by atoms with Gasteiger partial charge in [0.05, 0.1) is 6.54 Å². The van der Waals surface area contributed by atoms with E-state index in [0.717, 1.165) is 5.56 Å². The molecule has 5 nitrogen and oxygen atoms in total. The molecule has 0 spiro atoms. The zero-order valence-corrected chi connectivity index (χ0v) is 15.6. The fraction of sp³-hybridized carbons (Fsp3) is 0.579. The molecule has 0 aliphatic carbocycles. The van der Waals surface area contributed by atoms with Crippen LogP contribution in [0.5, 0.6) is 0 Å². The second-order valence-corrected chi connectivity index (χ2v) is 7.68. The van der Waals surface area contributed by atoms with E-state index < -0.39 is 0 Å². The zero-order valence-electron chi connectivity index (χ0n) is 15.6. The summed E-state index contributed by atoms with van der Waals surface area (Å²) in [5, 5.41) is 2.87. The molecule has 0 atom stereocenters. The van der Waals surface area contributed by atoms with Crippen molar-refractivity contribution in [3.8, 4) is 0 Å². The molecule has 1 aromatic carbocycles. The van der Waals surface area contributed by atoms with Gasteiger partial charge < -0.3 is 10.2 Å². The van der Waals surface area contributed by atoms with Crippen LogP contribution in [-0.4, -0.2) is 54.3 Å². The molecule has 25 heavy (non-hydrogen) atoms. The molecule has 1 aliphatic heterocycles. The Kier molecular flexibility index (Phi) is 6.16. The molecule has 1 aromatic rings. The third-order valence-corrected chi connectivity index (χ3v) is 4.38. The summed E-state index contributed by atoms with van der Waals surface area (Å²) in [7, 11) is 0. The van der Waals surface area contributed by atoms with Gasteiger partial charge in [0.2, 0.25) is 11.8 Å². The summed E-state index contributed by atoms with van der Waals surface area (Å²) < 4.78 is 13.2. The van der Waals surface area contributed by atoms with Crippen molar-refractivity contribution in [1.29, 1.82) is 0 Å². The predicted octanol–water partition coefficient (Wildman–Crippen LogP) is 1.94. The average Bonchev–Trinajstić information content (AvgIpc) is 2.55. The van der Waals surface area contributed by atoms with Gasteiger partial charge in [0.25, 0.3) is 0 Å². The molecule has 1 N–H and O–H groups in total. The second-order valence-electron chi connectivity index (χ2n) is 7.68. The molecule has 2 amide bonds. The molecule has 2 rings (SSSR count). The maximum Gasteiger partial charge on any atom is 0.234 e. The minimum absolute atomic E-state index is 0.0578. The summed E-state index contributed by atoms with van der Waals surface area (Å²) in [6.45, 7) is 10.9. The first-order valence-corrected chi connectivity index (χ1v) is 8.70. The highest BCUT2D eigenvalue weighted by Crippen LogP contribution is 2.18. The minimum Gasteiger partial charge on any atom is -0.351 e. The highest BCUT2D eigenvalue weighted by molar-refractivity contribution is 5.81. The normalized spacial score (nSPS) is 16.0. The van der Waals surface area contributed by atoms with Crippen molar-refractivity contribution in [1.82, 2.24) is 15.1 Å². The summed E-state index contributed by atoms with van der Waals surface area (Å²) in [5.41, 5.74) is 1.09. The van der Waals surface area contributed by atoms with Gasteiger partial charge in [-0.3, -0.25) is 14.5 Å². The van der Waals surface area contributed by atoms with Crippen molar-refractivity contribution < 1.29 is 14.0 Å². The van der Waals surface area contributed by atoms with Crippen LogP contribution in [0.1, 0.15) is 31.9 Å². The van der Waals surface area contributed by atoms with Gasteiger partial charge in [-0.25, -0.2) is 4.39 Å².